The summed E-state index contributed by atoms with van der Waals surface area (Å²) in [5, 5.41) is 3.94. The van der Waals surface area contributed by atoms with Crippen LogP contribution in [0.5, 0.6) is 11.5 Å². The standard InChI is InChI=1S/C20H34O3S/c1-2-3-4-5-6-7-8-9-10-11-12-13-14-21-20-15-22-18-16-24-17-19(18)23-20/h16-17,20H,2-15H2,1H3. The Hall–Kier alpha value is -0.740. The quantitative estimate of drug-likeness (QED) is 0.354. The Morgan fingerprint density at radius 1 is 0.875 bits per heavy atom. The second kappa shape index (κ2) is 12.6. The van der Waals surface area contributed by atoms with Gasteiger partial charge in [0.25, 0.3) is 0 Å². The maximum Gasteiger partial charge on any atom is 0.234 e. The molecule has 1 aromatic heterocycles. The zero-order valence-electron chi connectivity index (χ0n) is 15.3. The van der Waals surface area contributed by atoms with Crippen molar-refractivity contribution in [1.29, 1.82) is 0 Å². The molecule has 1 aromatic rings. The first-order valence-electron chi connectivity index (χ1n) is 9.87. The van der Waals surface area contributed by atoms with Gasteiger partial charge in [-0.15, -0.1) is 11.3 Å². The van der Waals surface area contributed by atoms with Crippen LogP contribution in [0.1, 0.15) is 84.0 Å². The molecule has 1 atom stereocenters. The van der Waals surface area contributed by atoms with Crippen LogP contribution < -0.4 is 9.47 Å². The number of hydrogen-bond donors (Lipinski definition) is 0. The predicted octanol–water partition coefficient (Wildman–Crippen LogP) is 6.56. The first kappa shape index (κ1) is 19.6. The molecule has 0 N–H and O–H groups in total. The molecule has 0 aliphatic carbocycles. The fraction of sp³-hybridized carbons (Fsp3) is 0.800. The topological polar surface area (TPSA) is 27.7 Å². The molecule has 138 valence electrons. The Kier molecular flexibility index (Phi) is 10.3. The summed E-state index contributed by atoms with van der Waals surface area (Å²) in [6, 6.07) is 0. The number of hydrogen-bond acceptors (Lipinski definition) is 4. The summed E-state index contributed by atoms with van der Waals surface area (Å²) >= 11 is 1.60. The van der Waals surface area contributed by atoms with Gasteiger partial charge in [-0.1, -0.05) is 77.6 Å². The highest BCUT2D eigenvalue weighted by molar-refractivity contribution is 7.08. The van der Waals surface area contributed by atoms with Crippen LogP contribution in [-0.2, 0) is 4.74 Å². The minimum absolute atomic E-state index is 0.236. The van der Waals surface area contributed by atoms with E-state index >= 15 is 0 Å². The molecule has 0 amide bonds. The highest BCUT2D eigenvalue weighted by atomic mass is 32.1. The summed E-state index contributed by atoms with van der Waals surface area (Å²) in [6.07, 6.45) is 16.1. The average molecular weight is 355 g/mol. The molecule has 2 heterocycles. The lowest BCUT2D eigenvalue weighted by molar-refractivity contribution is -0.116. The second-order valence-corrected chi connectivity index (χ2v) is 7.46. The zero-order chi connectivity index (χ0) is 16.9. The molecule has 2 rings (SSSR count). The van der Waals surface area contributed by atoms with Crippen molar-refractivity contribution in [2.75, 3.05) is 13.2 Å². The first-order valence-corrected chi connectivity index (χ1v) is 10.8. The average Bonchev–Trinajstić information content (AvgIpc) is 3.07. The largest absolute Gasteiger partial charge is 0.482 e. The van der Waals surface area contributed by atoms with Gasteiger partial charge in [0.1, 0.15) is 0 Å². The summed E-state index contributed by atoms with van der Waals surface area (Å²) in [6.45, 7) is 3.55. The van der Waals surface area contributed by atoms with Gasteiger partial charge < -0.3 is 14.2 Å². The van der Waals surface area contributed by atoms with E-state index in [-0.39, 0.29) is 6.29 Å². The number of ether oxygens (including phenoxy) is 3. The minimum atomic E-state index is -0.236. The van der Waals surface area contributed by atoms with Crippen molar-refractivity contribution >= 4 is 11.3 Å². The molecule has 0 bridgehead atoms. The molecule has 24 heavy (non-hydrogen) atoms. The highest BCUT2D eigenvalue weighted by Crippen LogP contribution is 2.35. The van der Waals surface area contributed by atoms with E-state index in [1.54, 1.807) is 11.3 Å². The van der Waals surface area contributed by atoms with Crippen molar-refractivity contribution in [3.63, 3.8) is 0 Å². The summed E-state index contributed by atoms with van der Waals surface area (Å²) < 4.78 is 17.1. The molecule has 0 aromatic carbocycles. The van der Waals surface area contributed by atoms with E-state index in [4.69, 9.17) is 14.2 Å². The normalized spacial score (nSPS) is 16.5. The lowest BCUT2D eigenvalue weighted by atomic mass is 10.1. The van der Waals surface area contributed by atoms with Crippen LogP contribution in [0, 0.1) is 0 Å². The SMILES string of the molecule is CCCCCCCCCCCCCCOC1COc2cscc2O1. The van der Waals surface area contributed by atoms with Gasteiger partial charge >= 0.3 is 0 Å². The Morgan fingerprint density at radius 3 is 2.12 bits per heavy atom. The molecule has 4 heteroatoms. The summed E-state index contributed by atoms with van der Waals surface area (Å²) in [5.41, 5.74) is 0. The van der Waals surface area contributed by atoms with Crippen LogP contribution >= 0.6 is 11.3 Å². The molecule has 1 aliphatic heterocycles. The molecule has 3 nitrogen and oxygen atoms in total. The van der Waals surface area contributed by atoms with Crippen molar-refractivity contribution in [2.45, 2.75) is 90.3 Å². The number of unbranched alkanes of at least 4 members (excludes halogenated alkanes) is 11. The molecule has 0 fully saturated rings. The molecular formula is C20H34O3S. The predicted molar refractivity (Wildman–Crippen MR) is 101 cm³/mol. The minimum Gasteiger partial charge on any atom is -0.482 e. The summed E-state index contributed by atoms with van der Waals surface area (Å²) in [4.78, 5) is 0. The number of fused-ring (bicyclic) bond motifs is 1. The molecular weight excluding hydrogens is 320 g/mol. The number of rotatable bonds is 14. The van der Waals surface area contributed by atoms with Gasteiger partial charge in [-0.05, 0) is 6.42 Å². The van der Waals surface area contributed by atoms with Crippen LogP contribution in [0.2, 0.25) is 0 Å². The molecule has 1 unspecified atom stereocenters. The van der Waals surface area contributed by atoms with Gasteiger partial charge in [0.15, 0.2) is 18.1 Å². The Balaban J connectivity index is 1.33. The third-order valence-corrected chi connectivity index (χ3v) is 5.23. The van der Waals surface area contributed by atoms with Crippen molar-refractivity contribution in [3.8, 4) is 11.5 Å². The van der Waals surface area contributed by atoms with Gasteiger partial charge in [0.05, 0.1) is 6.61 Å². The molecule has 0 spiro atoms. The van der Waals surface area contributed by atoms with Gasteiger partial charge in [0.2, 0.25) is 6.29 Å². The van der Waals surface area contributed by atoms with Crippen LogP contribution in [0.25, 0.3) is 0 Å². The monoisotopic (exact) mass is 354 g/mol. The van der Waals surface area contributed by atoms with E-state index in [1.807, 2.05) is 10.8 Å². The van der Waals surface area contributed by atoms with E-state index in [1.165, 1.54) is 70.6 Å². The van der Waals surface area contributed by atoms with Crippen LogP contribution in [0.4, 0.5) is 0 Å². The molecule has 0 saturated carbocycles. The zero-order valence-corrected chi connectivity index (χ0v) is 16.1. The lowest BCUT2D eigenvalue weighted by Crippen LogP contribution is -2.31. The van der Waals surface area contributed by atoms with Crippen molar-refractivity contribution in [1.82, 2.24) is 0 Å². The Labute approximate surface area is 151 Å². The fourth-order valence-electron chi connectivity index (χ4n) is 3.04. The third kappa shape index (κ3) is 7.89. The molecule has 0 radical (unpaired) electrons. The van der Waals surface area contributed by atoms with Gasteiger partial charge in [-0.2, -0.15) is 0 Å². The smallest absolute Gasteiger partial charge is 0.234 e. The first-order chi connectivity index (χ1) is 11.9. The van der Waals surface area contributed by atoms with E-state index in [9.17, 15) is 0 Å². The molecule has 0 saturated heterocycles. The van der Waals surface area contributed by atoms with Crippen LogP contribution in [-0.4, -0.2) is 19.5 Å². The maximum absolute atomic E-state index is 5.76. The Bertz CT molecular complexity index is 419. The Morgan fingerprint density at radius 2 is 1.46 bits per heavy atom. The van der Waals surface area contributed by atoms with Crippen molar-refractivity contribution < 1.29 is 14.2 Å². The van der Waals surface area contributed by atoms with Crippen LogP contribution in [0.3, 0.4) is 0 Å². The fourth-order valence-corrected chi connectivity index (χ4v) is 3.71. The highest BCUT2D eigenvalue weighted by Gasteiger charge is 2.21. The lowest BCUT2D eigenvalue weighted by Gasteiger charge is -2.24. The van der Waals surface area contributed by atoms with Gasteiger partial charge in [0, 0.05) is 10.8 Å². The maximum atomic E-state index is 5.76. The van der Waals surface area contributed by atoms with Gasteiger partial charge in [-0.25, -0.2) is 0 Å². The summed E-state index contributed by atoms with van der Waals surface area (Å²) in [5.74, 6) is 1.68. The van der Waals surface area contributed by atoms with E-state index in [0.29, 0.717) is 6.61 Å². The third-order valence-electron chi connectivity index (χ3n) is 4.53. The second-order valence-electron chi connectivity index (χ2n) is 6.72. The van der Waals surface area contributed by atoms with E-state index in [0.717, 1.165) is 24.5 Å². The van der Waals surface area contributed by atoms with Crippen molar-refractivity contribution in [3.05, 3.63) is 10.8 Å². The number of thiophene rings is 1. The molecule has 1 aliphatic rings. The van der Waals surface area contributed by atoms with E-state index < -0.39 is 0 Å². The van der Waals surface area contributed by atoms with E-state index in [2.05, 4.69) is 6.92 Å². The van der Waals surface area contributed by atoms with Crippen LogP contribution in [0.15, 0.2) is 10.8 Å². The van der Waals surface area contributed by atoms with Gasteiger partial charge in [-0.3, -0.25) is 0 Å². The summed E-state index contributed by atoms with van der Waals surface area (Å²) in [7, 11) is 0. The van der Waals surface area contributed by atoms with Crippen molar-refractivity contribution in [2.24, 2.45) is 0 Å².